The van der Waals surface area contributed by atoms with Gasteiger partial charge in [0.05, 0.1) is 5.52 Å². The number of primary amides is 1. The first-order chi connectivity index (χ1) is 23.5. The van der Waals surface area contributed by atoms with E-state index in [0.717, 1.165) is 53.6 Å². The zero-order valence-electron chi connectivity index (χ0n) is 28.1. The van der Waals surface area contributed by atoms with Gasteiger partial charge in [-0.05, 0) is 87.8 Å². The van der Waals surface area contributed by atoms with Crippen LogP contribution in [-0.2, 0) is 27.3 Å². The first kappa shape index (κ1) is 32.4. The Kier molecular flexibility index (Phi) is 8.37. The molecule has 5 heterocycles. The number of anilines is 1. The normalized spacial score (nSPS) is 22.7. The van der Waals surface area contributed by atoms with Crippen LogP contribution in [0.15, 0.2) is 36.7 Å². The number of piperidine rings is 1. The Balaban J connectivity index is 1.29. The van der Waals surface area contributed by atoms with Crippen LogP contribution in [0.3, 0.4) is 0 Å². The van der Waals surface area contributed by atoms with Crippen LogP contribution >= 0.6 is 0 Å². The maximum atomic E-state index is 14.4. The van der Waals surface area contributed by atoms with Crippen molar-refractivity contribution in [3.63, 3.8) is 0 Å². The van der Waals surface area contributed by atoms with E-state index < -0.39 is 17.4 Å². The van der Waals surface area contributed by atoms with E-state index in [1.54, 1.807) is 22.0 Å². The smallest absolute Gasteiger partial charge is 0.269 e. The Bertz CT molecular complexity index is 1990. The molecular formula is C36H41N9O4. The molecule has 4 aromatic rings. The third-order valence-corrected chi connectivity index (χ3v) is 10.3. The average molecular weight is 664 g/mol. The molecule has 0 radical (unpaired) electrons. The van der Waals surface area contributed by atoms with Crippen molar-refractivity contribution in [1.82, 2.24) is 34.9 Å². The molecule has 3 aliphatic rings. The zero-order valence-corrected chi connectivity index (χ0v) is 28.1. The summed E-state index contributed by atoms with van der Waals surface area (Å²) in [4.78, 5) is 68.8. The number of pyridine rings is 1. The minimum atomic E-state index is -0.770. The molecule has 4 N–H and O–H groups in total. The van der Waals surface area contributed by atoms with Gasteiger partial charge in [0.25, 0.3) is 5.91 Å². The lowest BCUT2D eigenvalue weighted by molar-refractivity contribution is -0.138. The summed E-state index contributed by atoms with van der Waals surface area (Å²) in [5.74, 6) is -0.224. The van der Waals surface area contributed by atoms with E-state index >= 15 is 0 Å². The van der Waals surface area contributed by atoms with Crippen LogP contribution in [0.4, 0.5) is 5.82 Å². The highest BCUT2D eigenvalue weighted by atomic mass is 16.2. The highest BCUT2D eigenvalue weighted by Gasteiger charge is 2.67. The second kappa shape index (κ2) is 12.7. The number of nitrogens with two attached hydrogens (primary N) is 1. The standard InChI is InChI=1S/C36H41N9O4/c1-20-10-11-21(2)41-34(20)42-35(49)27-14-36-15-28(36)45(27)30(47)18-44-32-23(8-6-4-5-7-9-29(46)40-19-36)12-24(25-16-38-22(3)39-17-25)13-26(32)31(43-44)33(37)48/h10-13,16-17,27-28H,4-9,14-15,18-19H2,1-3H3,(H2,37,48)(H,40,46)(H,41,42,49)/t27-,28+,36-/m0/s1. The van der Waals surface area contributed by atoms with E-state index in [0.29, 0.717) is 54.8 Å². The van der Waals surface area contributed by atoms with Crippen LogP contribution in [-0.4, -0.2) is 71.9 Å². The molecule has 1 aromatic carbocycles. The predicted octanol–water partition coefficient (Wildman–Crippen LogP) is 3.53. The molecule has 3 aromatic heterocycles. The van der Waals surface area contributed by atoms with E-state index in [1.807, 2.05) is 45.0 Å². The molecule has 2 fully saturated rings. The Morgan fingerprint density at radius 2 is 1.73 bits per heavy atom. The van der Waals surface area contributed by atoms with Crippen molar-refractivity contribution < 1.29 is 19.2 Å². The Hall–Kier alpha value is -5.20. The number of benzene rings is 1. The van der Waals surface area contributed by atoms with Gasteiger partial charge in [0.2, 0.25) is 17.7 Å². The molecule has 1 aliphatic carbocycles. The molecule has 7 rings (SSSR count). The second-order valence-corrected chi connectivity index (χ2v) is 13.8. The minimum absolute atomic E-state index is 0.0106. The Morgan fingerprint density at radius 1 is 0.980 bits per heavy atom. The van der Waals surface area contributed by atoms with Gasteiger partial charge in [0, 0.05) is 53.5 Å². The number of carbonyl (C=O) groups excluding carboxylic acids is 4. The number of nitrogens with zero attached hydrogens (tertiary/aromatic N) is 6. The molecule has 1 saturated heterocycles. The molecule has 0 unspecified atom stereocenters. The Labute approximate surface area is 284 Å². The fourth-order valence-corrected chi connectivity index (χ4v) is 7.55. The van der Waals surface area contributed by atoms with Crippen molar-refractivity contribution >= 4 is 40.3 Å². The summed E-state index contributed by atoms with van der Waals surface area (Å²) >= 11 is 0. The highest BCUT2D eigenvalue weighted by molar-refractivity contribution is 6.06. The van der Waals surface area contributed by atoms with E-state index in [1.165, 1.54) is 0 Å². The molecule has 13 heteroatoms. The summed E-state index contributed by atoms with van der Waals surface area (Å²) in [5.41, 5.74) is 10.3. The van der Waals surface area contributed by atoms with Gasteiger partial charge in [-0.2, -0.15) is 5.10 Å². The number of carbonyl (C=O) groups is 4. The van der Waals surface area contributed by atoms with Crippen LogP contribution < -0.4 is 16.4 Å². The van der Waals surface area contributed by atoms with E-state index in [2.05, 4.69) is 30.7 Å². The van der Waals surface area contributed by atoms with Gasteiger partial charge in [0.1, 0.15) is 24.2 Å². The predicted molar refractivity (Wildman–Crippen MR) is 182 cm³/mol. The fourth-order valence-electron chi connectivity index (χ4n) is 7.55. The van der Waals surface area contributed by atoms with Crippen LogP contribution in [0.5, 0.6) is 0 Å². The van der Waals surface area contributed by atoms with Crippen molar-refractivity contribution in [2.75, 3.05) is 11.9 Å². The van der Waals surface area contributed by atoms with Crippen LogP contribution in [0.25, 0.3) is 22.0 Å². The monoisotopic (exact) mass is 663 g/mol. The van der Waals surface area contributed by atoms with Crippen molar-refractivity contribution in [3.8, 4) is 11.1 Å². The maximum Gasteiger partial charge on any atom is 0.269 e. The largest absolute Gasteiger partial charge is 0.364 e. The van der Waals surface area contributed by atoms with Gasteiger partial charge in [-0.15, -0.1) is 0 Å². The molecule has 1 saturated carbocycles. The third kappa shape index (κ3) is 6.25. The molecule has 49 heavy (non-hydrogen) atoms. The summed E-state index contributed by atoms with van der Waals surface area (Å²) in [6.45, 7) is 5.76. The van der Waals surface area contributed by atoms with Gasteiger partial charge in [-0.3, -0.25) is 23.9 Å². The first-order valence-electron chi connectivity index (χ1n) is 17.0. The summed E-state index contributed by atoms with van der Waals surface area (Å²) in [6, 6.07) is 6.68. The number of amides is 4. The molecule has 254 valence electrons. The topological polar surface area (TPSA) is 178 Å². The number of hydrogen-bond acceptors (Lipinski definition) is 8. The van der Waals surface area contributed by atoms with E-state index in [9.17, 15) is 19.2 Å². The SMILES string of the molecule is Cc1ccc(C)c(NC(=O)[C@@H]2C[C@]34CNC(=O)CCCCCCc5cc(-c6cnc(C)nc6)cc6c(C(N)=O)nn(c56)CC(=O)N2[C@@H]3C4)n1. The lowest BCUT2D eigenvalue weighted by atomic mass is 9.97. The quantitative estimate of drug-likeness (QED) is 0.297. The number of aromatic nitrogens is 5. The molecule has 2 bridgehead atoms. The van der Waals surface area contributed by atoms with Gasteiger partial charge in [0.15, 0.2) is 5.69 Å². The maximum absolute atomic E-state index is 14.4. The van der Waals surface area contributed by atoms with Crippen molar-refractivity contribution in [2.24, 2.45) is 11.1 Å². The van der Waals surface area contributed by atoms with Gasteiger partial charge >= 0.3 is 0 Å². The van der Waals surface area contributed by atoms with Crippen molar-refractivity contribution in [3.05, 3.63) is 65.0 Å². The third-order valence-electron chi connectivity index (χ3n) is 10.3. The molecule has 3 atom stereocenters. The highest BCUT2D eigenvalue weighted by Crippen LogP contribution is 2.59. The lowest BCUT2D eigenvalue weighted by Gasteiger charge is -2.27. The van der Waals surface area contributed by atoms with Crippen LogP contribution in [0.1, 0.15) is 78.1 Å². The number of rotatable bonds is 4. The molecule has 13 nitrogen and oxygen atoms in total. The second-order valence-electron chi connectivity index (χ2n) is 13.8. The van der Waals surface area contributed by atoms with Crippen molar-refractivity contribution in [2.45, 2.75) is 90.8 Å². The minimum Gasteiger partial charge on any atom is -0.364 e. The number of aryl methyl sites for hydroxylation is 4. The molecule has 2 aliphatic heterocycles. The Morgan fingerprint density at radius 3 is 2.49 bits per heavy atom. The molecule has 0 spiro atoms. The molecule has 4 amide bonds. The zero-order chi connectivity index (χ0) is 34.4. The molecular weight excluding hydrogens is 622 g/mol. The van der Waals surface area contributed by atoms with Gasteiger partial charge in [-0.1, -0.05) is 18.9 Å². The summed E-state index contributed by atoms with van der Waals surface area (Å²) < 4.78 is 1.58. The summed E-state index contributed by atoms with van der Waals surface area (Å²) in [7, 11) is 0. The van der Waals surface area contributed by atoms with Gasteiger partial charge < -0.3 is 21.3 Å². The number of hydrogen-bond donors (Lipinski definition) is 3. The first-order valence-corrected chi connectivity index (χ1v) is 17.0. The van der Waals surface area contributed by atoms with E-state index in [4.69, 9.17) is 5.73 Å². The average Bonchev–Trinajstić information content (AvgIpc) is 3.48. The number of nitrogens with one attached hydrogen (secondary N) is 2. The van der Waals surface area contributed by atoms with Gasteiger partial charge in [-0.25, -0.2) is 15.0 Å². The summed E-state index contributed by atoms with van der Waals surface area (Å²) in [6.07, 6.45) is 9.07. The lowest BCUT2D eigenvalue weighted by Crippen LogP contribution is -2.47. The van der Waals surface area contributed by atoms with E-state index in [-0.39, 0.29) is 36.0 Å². The summed E-state index contributed by atoms with van der Waals surface area (Å²) in [5, 5.41) is 11.2. The van der Waals surface area contributed by atoms with Crippen LogP contribution in [0, 0.1) is 26.2 Å². The van der Waals surface area contributed by atoms with Crippen molar-refractivity contribution in [1.29, 1.82) is 0 Å². The fraction of sp³-hybridized carbons (Fsp3) is 0.444. The van der Waals surface area contributed by atoms with Crippen LogP contribution in [0.2, 0.25) is 0 Å².